The van der Waals surface area contributed by atoms with Crippen molar-refractivity contribution >= 4 is 31.9 Å². The van der Waals surface area contributed by atoms with Crippen molar-refractivity contribution in [1.82, 2.24) is 4.31 Å². The molecule has 2 rings (SSSR count). The summed E-state index contributed by atoms with van der Waals surface area (Å²) in [5.74, 6) is 0.461. The maximum absolute atomic E-state index is 12.3. The number of hydrogen-bond acceptors (Lipinski definition) is 7. The summed E-state index contributed by atoms with van der Waals surface area (Å²) >= 11 is 3.34. The molecule has 0 fully saturated rings. The fraction of sp³-hybridized carbons (Fsp3) is 0.353. The molecule has 0 aliphatic heterocycles. The van der Waals surface area contributed by atoms with Gasteiger partial charge in [-0.2, -0.15) is 0 Å². The van der Waals surface area contributed by atoms with Crippen LogP contribution < -0.4 is 9.47 Å². The van der Waals surface area contributed by atoms with Gasteiger partial charge < -0.3 is 18.6 Å². The van der Waals surface area contributed by atoms with E-state index in [1.807, 2.05) is 6.92 Å². The Morgan fingerprint density at radius 1 is 1.26 bits per heavy atom. The van der Waals surface area contributed by atoms with Crippen LogP contribution in [0.2, 0.25) is 0 Å². The summed E-state index contributed by atoms with van der Waals surface area (Å²) in [6.07, 6.45) is 0. The molecule has 0 spiro atoms. The monoisotopic (exact) mass is 461 g/mol. The van der Waals surface area contributed by atoms with Gasteiger partial charge >= 0.3 is 5.97 Å². The summed E-state index contributed by atoms with van der Waals surface area (Å²) in [4.78, 5) is 12.3. The number of sulfonamides is 1. The number of esters is 1. The normalized spacial score (nSPS) is 11.5. The van der Waals surface area contributed by atoms with Crippen LogP contribution in [0.1, 0.15) is 23.0 Å². The summed E-state index contributed by atoms with van der Waals surface area (Å²) in [7, 11) is 0.580. The third-order valence-corrected chi connectivity index (χ3v) is 5.75. The smallest absolute Gasteiger partial charge is 0.338 e. The van der Waals surface area contributed by atoms with E-state index >= 15 is 0 Å². The van der Waals surface area contributed by atoms with Crippen LogP contribution in [0.5, 0.6) is 11.5 Å². The molecule has 148 valence electrons. The number of methoxy groups -OCH3 is 1. The van der Waals surface area contributed by atoms with Crippen LogP contribution in [0.4, 0.5) is 0 Å². The molecule has 10 heteroatoms. The first kappa shape index (κ1) is 21.3. The van der Waals surface area contributed by atoms with Gasteiger partial charge in [0.05, 0.1) is 23.8 Å². The molecule has 0 aliphatic carbocycles. The molecule has 1 aromatic heterocycles. The number of halogens is 1. The van der Waals surface area contributed by atoms with Crippen molar-refractivity contribution in [3.8, 4) is 11.5 Å². The predicted octanol–water partition coefficient (Wildman–Crippen LogP) is 3.06. The second-order valence-electron chi connectivity index (χ2n) is 5.51. The van der Waals surface area contributed by atoms with E-state index in [1.54, 1.807) is 6.07 Å². The zero-order valence-electron chi connectivity index (χ0n) is 15.3. The largest absolute Gasteiger partial charge is 0.493 e. The maximum Gasteiger partial charge on any atom is 0.338 e. The summed E-state index contributed by atoms with van der Waals surface area (Å²) in [5, 5.41) is -0.218. The molecule has 1 aromatic carbocycles. The zero-order valence-corrected chi connectivity index (χ0v) is 17.7. The maximum atomic E-state index is 12.3. The van der Waals surface area contributed by atoms with Crippen molar-refractivity contribution in [2.45, 2.75) is 18.6 Å². The van der Waals surface area contributed by atoms with E-state index < -0.39 is 16.0 Å². The number of nitrogens with zero attached hydrogens (tertiary/aromatic N) is 1. The Morgan fingerprint density at radius 3 is 2.56 bits per heavy atom. The highest BCUT2D eigenvalue weighted by molar-refractivity contribution is 9.10. The first-order valence-corrected chi connectivity index (χ1v) is 10.1. The van der Waals surface area contributed by atoms with Crippen molar-refractivity contribution in [2.24, 2.45) is 0 Å². The summed E-state index contributed by atoms with van der Waals surface area (Å²) < 4.78 is 46.7. The summed E-state index contributed by atoms with van der Waals surface area (Å²) in [6, 6.07) is 5.81. The molecule has 0 amide bonds. The van der Waals surface area contributed by atoms with Crippen LogP contribution in [-0.4, -0.2) is 46.5 Å². The summed E-state index contributed by atoms with van der Waals surface area (Å²) in [5.41, 5.74) is 0.245. The molecule has 2 aromatic rings. The quantitative estimate of drug-likeness (QED) is 0.557. The van der Waals surface area contributed by atoms with E-state index in [1.165, 1.54) is 39.4 Å². The van der Waals surface area contributed by atoms with Crippen molar-refractivity contribution in [3.05, 3.63) is 40.1 Å². The molecule has 0 N–H and O–H groups in total. The van der Waals surface area contributed by atoms with E-state index in [0.29, 0.717) is 22.6 Å². The van der Waals surface area contributed by atoms with Gasteiger partial charge in [0.1, 0.15) is 12.4 Å². The Hall–Kier alpha value is -2.04. The van der Waals surface area contributed by atoms with Gasteiger partial charge in [-0.3, -0.25) is 0 Å². The third kappa shape index (κ3) is 4.82. The number of furan rings is 1. The molecule has 0 aliphatic rings. The average Bonchev–Trinajstić information content (AvgIpc) is 3.10. The molecule has 27 heavy (non-hydrogen) atoms. The average molecular weight is 462 g/mol. The lowest BCUT2D eigenvalue weighted by Crippen LogP contribution is -2.21. The number of rotatable bonds is 8. The van der Waals surface area contributed by atoms with Gasteiger partial charge in [-0.25, -0.2) is 17.5 Å². The molecule has 0 saturated carbocycles. The topological polar surface area (TPSA) is 95.3 Å². The SMILES string of the molecule is CCOc1c(Br)cc(C(=O)OCc2ccc(S(=O)(=O)N(C)C)o2)cc1OC. The lowest BCUT2D eigenvalue weighted by atomic mass is 10.2. The van der Waals surface area contributed by atoms with Gasteiger partial charge in [0.15, 0.2) is 11.5 Å². The molecular weight excluding hydrogens is 442 g/mol. The Bertz CT molecular complexity index is 921. The van der Waals surface area contributed by atoms with Crippen LogP contribution >= 0.6 is 15.9 Å². The molecule has 0 bridgehead atoms. The van der Waals surface area contributed by atoms with E-state index in [0.717, 1.165) is 4.31 Å². The van der Waals surface area contributed by atoms with Crippen molar-refractivity contribution < 1.29 is 31.8 Å². The second-order valence-corrected chi connectivity index (χ2v) is 8.44. The van der Waals surface area contributed by atoms with Gasteiger partial charge in [-0.05, 0) is 47.1 Å². The minimum Gasteiger partial charge on any atom is -0.493 e. The Labute approximate surface area is 166 Å². The minimum absolute atomic E-state index is 0.209. The Morgan fingerprint density at radius 2 is 1.96 bits per heavy atom. The first-order chi connectivity index (χ1) is 12.7. The predicted molar refractivity (Wildman–Crippen MR) is 101 cm³/mol. The van der Waals surface area contributed by atoms with E-state index in [2.05, 4.69) is 15.9 Å². The van der Waals surface area contributed by atoms with Crippen molar-refractivity contribution in [1.29, 1.82) is 0 Å². The first-order valence-electron chi connectivity index (χ1n) is 7.89. The molecule has 0 unspecified atom stereocenters. The van der Waals surface area contributed by atoms with Crippen LogP contribution in [0.3, 0.4) is 0 Å². The number of carbonyl (C=O) groups excluding carboxylic acids is 1. The molecule has 0 saturated heterocycles. The number of hydrogen-bond donors (Lipinski definition) is 0. The Balaban J connectivity index is 2.13. The van der Waals surface area contributed by atoms with Gasteiger partial charge in [-0.15, -0.1) is 0 Å². The standard InChI is InChI=1S/C17H20BrNO7S/c1-5-24-16-13(18)8-11(9-14(16)23-4)17(20)25-10-12-6-7-15(26-12)27(21,22)19(2)3/h6-9H,5,10H2,1-4H3. The van der Waals surface area contributed by atoms with Crippen LogP contribution in [0, 0.1) is 0 Å². The van der Waals surface area contributed by atoms with Gasteiger partial charge in [0.2, 0.25) is 5.09 Å². The number of carbonyl (C=O) groups is 1. The number of ether oxygens (including phenoxy) is 3. The lowest BCUT2D eigenvalue weighted by molar-refractivity contribution is 0.0440. The van der Waals surface area contributed by atoms with Gasteiger partial charge in [0, 0.05) is 14.1 Å². The second kappa shape index (κ2) is 8.77. The molecule has 0 atom stereocenters. The fourth-order valence-electron chi connectivity index (χ4n) is 2.10. The summed E-state index contributed by atoms with van der Waals surface area (Å²) in [6.45, 7) is 2.06. The zero-order chi connectivity index (χ0) is 20.2. The molecular formula is C17H20BrNO7S. The highest BCUT2D eigenvalue weighted by atomic mass is 79.9. The van der Waals surface area contributed by atoms with Crippen LogP contribution in [-0.2, 0) is 21.4 Å². The van der Waals surface area contributed by atoms with Crippen molar-refractivity contribution in [2.75, 3.05) is 27.8 Å². The van der Waals surface area contributed by atoms with Crippen molar-refractivity contribution in [3.63, 3.8) is 0 Å². The van der Waals surface area contributed by atoms with Gasteiger partial charge in [-0.1, -0.05) is 0 Å². The van der Waals surface area contributed by atoms with E-state index in [9.17, 15) is 13.2 Å². The van der Waals surface area contributed by atoms with E-state index in [4.69, 9.17) is 18.6 Å². The highest BCUT2D eigenvalue weighted by Crippen LogP contribution is 2.36. The highest BCUT2D eigenvalue weighted by Gasteiger charge is 2.22. The van der Waals surface area contributed by atoms with Crippen LogP contribution in [0.25, 0.3) is 0 Å². The third-order valence-electron chi connectivity index (χ3n) is 3.47. The van der Waals surface area contributed by atoms with Crippen LogP contribution in [0.15, 0.2) is 38.2 Å². The molecule has 1 heterocycles. The lowest BCUT2D eigenvalue weighted by Gasteiger charge is -2.13. The van der Waals surface area contributed by atoms with E-state index in [-0.39, 0.29) is 23.0 Å². The minimum atomic E-state index is -3.68. The fourth-order valence-corrected chi connectivity index (χ4v) is 3.47. The number of benzene rings is 1. The van der Waals surface area contributed by atoms with Gasteiger partial charge in [0.25, 0.3) is 10.0 Å². The molecule has 0 radical (unpaired) electrons. The molecule has 8 nitrogen and oxygen atoms in total. The Kier molecular flexibility index (Phi) is 6.90.